The minimum atomic E-state index is -4.41. The molecule has 0 aliphatic heterocycles. The Hall–Kier alpha value is -1.90. The summed E-state index contributed by atoms with van der Waals surface area (Å²) in [6.45, 7) is 0. The third kappa shape index (κ3) is 7.45. The van der Waals surface area contributed by atoms with E-state index in [4.69, 9.17) is 5.11 Å². The molecule has 0 spiro atoms. The summed E-state index contributed by atoms with van der Waals surface area (Å²) in [4.78, 5) is 22.5. The SMILES string of the molecule is O=C(O)NC(CCSC(F)(F)F)C(=O)Nc1ccccc1. The van der Waals surface area contributed by atoms with Gasteiger partial charge in [-0.1, -0.05) is 30.0 Å². The van der Waals surface area contributed by atoms with Crippen LogP contribution < -0.4 is 10.6 Å². The van der Waals surface area contributed by atoms with Crippen LogP contribution in [0, 0.1) is 0 Å². The molecule has 1 unspecified atom stereocenters. The average Bonchev–Trinajstić information content (AvgIpc) is 2.36. The second-order valence-electron chi connectivity index (χ2n) is 3.94. The Morgan fingerprint density at radius 2 is 1.86 bits per heavy atom. The van der Waals surface area contributed by atoms with Crippen molar-refractivity contribution in [1.29, 1.82) is 0 Å². The number of carbonyl (C=O) groups is 2. The van der Waals surface area contributed by atoms with Crippen LogP contribution in [0.5, 0.6) is 0 Å². The summed E-state index contributed by atoms with van der Waals surface area (Å²) in [7, 11) is 0. The highest BCUT2D eigenvalue weighted by Gasteiger charge is 2.29. The number of hydrogen-bond donors (Lipinski definition) is 3. The number of halogens is 3. The van der Waals surface area contributed by atoms with Gasteiger partial charge in [0.15, 0.2) is 0 Å². The number of rotatable bonds is 6. The maximum Gasteiger partial charge on any atom is 0.441 e. The van der Waals surface area contributed by atoms with Crippen molar-refractivity contribution in [2.45, 2.75) is 18.0 Å². The van der Waals surface area contributed by atoms with E-state index in [1.165, 1.54) is 0 Å². The molecule has 21 heavy (non-hydrogen) atoms. The number of carbonyl (C=O) groups excluding carboxylic acids is 1. The minimum absolute atomic E-state index is 0.269. The molecule has 1 aromatic carbocycles. The summed E-state index contributed by atoms with van der Waals surface area (Å²) in [5.41, 5.74) is -3.98. The van der Waals surface area contributed by atoms with Crippen LogP contribution in [0.2, 0.25) is 0 Å². The van der Waals surface area contributed by atoms with E-state index in [-0.39, 0.29) is 18.2 Å². The van der Waals surface area contributed by atoms with Gasteiger partial charge in [0.1, 0.15) is 6.04 Å². The van der Waals surface area contributed by atoms with Crippen LogP contribution in [-0.2, 0) is 4.79 Å². The largest absolute Gasteiger partial charge is 0.465 e. The summed E-state index contributed by atoms with van der Waals surface area (Å²) in [6, 6.07) is 6.96. The molecule has 116 valence electrons. The van der Waals surface area contributed by atoms with Gasteiger partial charge in [-0.3, -0.25) is 4.79 Å². The number of anilines is 1. The van der Waals surface area contributed by atoms with Crippen LogP contribution in [0.25, 0.3) is 0 Å². The Morgan fingerprint density at radius 1 is 1.24 bits per heavy atom. The molecular weight excluding hydrogens is 309 g/mol. The maximum absolute atomic E-state index is 12.0. The monoisotopic (exact) mass is 322 g/mol. The lowest BCUT2D eigenvalue weighted by atomic mass is 10.2. The first-order valence-corrected chi connectivity index (χ1v) is 6.82. The van der Waals surface area contributed by atoms with Gasteiger partial charge in [0, 0.05) is 11.4 Å². The van der Waals surface area contributed by atoms with Crippen molar-refractivity contribution in [3.63, 3.8) is 0 Å². The highest BCUT2D eigenvalue weighted by molar-refractivity contribution is 8.00. The molecule has 0 saturated carbocycles. The van der Waals surface area contributed by atoms with E-state index in [2.05, 4.69) is 5.32 Å². The second-order valence-corrected chi connectivity index (χ2v) is 5.10. The van der Waals surface area contributed by atoms with Gasteiger partial charge in [-0.15, -0.1) is 0 Å². The van der Waals surface area contributed by atoms with Crippen molar-refractivity contribution < 1.29 is 27.9 Å². The molecule has 1 atom stereocenters. The number of thioether (sulfide) groups is 1. The lowest BCUT2D eigenvalue weighted by molar-refractivity contribution is -0.118. The highest BCUT2D eigenvalue weighted by Crippen LogP contribution is 2.30. The number of nitrogens with one attached hydrogen (secondary N) is 2. The van der Waals surface area contributed by atoms with Crippen molar-refractivity contribution in [2.24, 2.45) is 0 Å². The summed E-state index contributed by atoms with van der Waals surface area (Å²) < 4.78 is 36.1. The average molecular weight is 322 g/mol. The van der Waals surface area contributed by atoms with Crippen LogP contribution in [0.1, 0.15) is 6.42 Å². The molecule has 2 amide bonds. The molecule has 0 fully saturated rings. The highest BCUT2D eigenvalue weighted by atomic mass is 32.2. The number of hydrogen-bond acceptors (Lipinski definition) is 3. The Labute approximate surface area is 122 Å². The molecule has 0 radical (unpaired) electrons. The molecule has 1 aromatic rings. The van der Waals surface area contributed by atoms with Gasteiger partial charge in [0.25, 0.3) is 0 Å². The zero-order valence-corrected chi connectivity index (χ0v) is 11.5. The number of amides is 2. The third-order valence-corrected chi connectivity index (χ3v) is 3.09. The van der Waals surface area contributed by atoms with Crippen molar-refractivity contribution in [2.75, 3.05) is 11.1 Å². The predicted octanol–water partition coefficient (Wildman–Crippen LogP) is 2.90. The zero-order chi connectivity index (χ0) is 15.9. The Kier molecular flexibility index (Phi) is 6.35. The summed E-state index contributed by atoms with van der Waals surface area (Å²) >= 11 is -0.300. The second kappa shape index (κ2) is 7.77. The Balaban J connectivity index is 2.59. The Morgan fingerprint density at radius 3 is 2.38 bits per heavy atom. The van der Waals surface area contributed by atoms with Gasteiger partial charge < -0.3 is 15.7 Å². The molecule has 0 saturated heterocycles. The fourth-order valence-corrected chi connectivity index (χ4v) is 2.05. The van der Waals surface area contributed by atoms with E-state index in [1.54, 1.807) is 30.3 Å². The summed E-state index contributed by atoms with van der Waals surface area (Å²) in [6.07, 6.45) is -1.74. The quantitative estimate of drug-likeness (QED) is 0.752. The van der Waals surface area contributed by atoms with E-state index in [0.717, 1.165) is 0 Å². The Bertz CT molecular complexity index is 482. The normalized spacial score (nSPS) is 12.5. The number of carboxylic acid groups (broad SMARTS) is 1. The van der Waals surface area contributed by atoms with Crippen molar-refractivity contribution >= 4 is 29.4 Å². The van der Waals surface area contributed by atoms with E-state index < -0.39 is 29.3 Å². The smallest absolute Gasteiger partial charge is 0.441 e. The van der Waals surface area contributed by atoms with Crippen LogP contribution in [0.4, 0.5) is 23.7 Å². The van der Waals surface area contributed by atoms with Gasteiger partial charge in [-0.05, 0) is 18.6 Å². The van der Waals surface area contributed by atoms with E-state index in [1.807, 2.05) is 5.32 Å². The van der Waals surface area contributed by atoms with Crippen LogP contribution in [0.15, 0.2) is 30.3 Å². The molecule has 3 N–H and O–H groups in total. The first-order valence-electron chi connectivity index (χ1n) is 5.84. The first-order chi connectivity index (χ1) is 9.78. The number of para-hydroxylation sites is 1. The molecule has 0 aliphatic rings. The molecule has 0 bridgehead atoms. The lowest BCUT2D eigenvalue weighted by Crippen LogP contribution is -2.43. The molecule has 5 nitrogen and oxygen atoms in total. The van der Waals surface area contributed by atoms with E-state index in [0.29, 0.717) is 5.69 Å². The van der Waals surface area contributed by atoms with Crippen molar-refractivity contribution in [1.82, 2.24) is 5.32 Å². The van der Waals surface area contributed by atoms with Gasteiger partial charge in [-0.25, -0.2) is 4.79 Å². The lowest BCUT2D eigenvalue weighted by Gasteiger charge is -2.17. The molecule has 1 rings (SSSR count). The topological polar surface area (TPSA) is 78.4 Å². The van der Waals surface area contributed by atoms with Crippen molar-refractivity contribution in [3.8, 4) is 0 Å². The third-order valence-electron chi connectivity index (χ3n) is 2.33. The van der Waals surface area contributed by atoms with Gasteiger partial charge >= 0.3 is 11.6 Å². The van der Waals surface area contributed by atoms with Crippen LogP contribution in [0.3, 0.4) is 0 Å². The van der Waals surface area contributed by atoms with Crippen LogP contribution in [-0.4, -0.2) is 34.4 Å². The molecular formula is C12H13F3N2O3S. The molecule has 0 aliphatic carbocycles. The van der Waals surface area contributed by atoms with Crippen LogP contribution >= 0.6 is 11.8 Å². The minimum Gasteiger partial charge on any atom is -0.465 e. The van der Waals surface area contributed by atoms with E-state index in [9.17, 15) is 22.8 Å². The summed E-state index contributed by atoms with van der Waals surface area (Å²) in [5, 5.41) is 13.0. The van der Waals surface area contributed by atoms with Gasteiger partial charge in [0.2, 0.25) is 5.91 Å². The van der Waals surface area contributed by atoms with E-state index >= 15 is 0 Å². The molecule has 0 heterocycles. The first kappa shape index (κ1) is 17.2. The fraction of sp³-hybridized carbons (Fsp3) is 0.333. The maximum atomic E-state index is 12.0. The number of alkyl halides is 3. The van der Waals surface area contributed by atoms with Crippen molar-refractivity contribution in [3.05, 3.63) is 30.3 Å². The fourth-order valence-electron chi connectivity index (χ4n) is 1.46. The number of benzene rings is 1. The van der Waals surface area contributed by atoms with Gasteiger partial charge in [0.05, 0.1) is 0 Å². The standard InChI is InChI=1S/C12H13F3N2O3S/c13-12(14,15)21-7-6-9(17-11(19)20)10(18)16-8-4-2-1-3-5-8/h1-5,9,17H,6-7H2,(H,16,18)(H,19,20). The molecule has 0 aromatic heterocycles. The molecule has 9 heteroatoms. The summed E-state index contributed by atoms with van der Waals surface area (Å²) in [5.74, 6) is -1.12. The zero-order valence-electron chi connectivity index (χ0n) is 10.7. The predicted molar refractivity (Wildman–Crippen MR) is 73.2 cm³/mol. The van der Waals surface area contributed by atoms with Gasteiger partial charge in [-0.2, -0.15) is 13.2 Å².